The van der Waals surface area contributed by atoms with E-state index in [9.17, 15) is 0 Å². The number of nitrogens with zero attached hydrogens (tertiary/aromatic N) is 3. The molecule has 3 aromatic carbocycles. The first-order chi connectivity index (χ1) is 12.9. The third kappa shape index (κ3) is 2.53. The molecular weight excluding hydrogens is 318 g/mol. The Morgan fingerprint density at radius 2 is 1.38 bits per heavy atom. The van der Waals surface area contributed by atoms with E-state index in [2.05, 4.69) is 53.4 Å². The highest BCUT2D eigenvalue weighted by Gasteiger charge is 2.23. The molecule has 0 saturated carbocycles. The quantitative estimate of drug-likeness (QED) is 0.492. The van der Waals surface area contributed by atoms with Gasteiger partial charge in [-0.05, 0) is 36.6 Å². The smallest absolute Gasteiger partial charge is 0.160 e. The number of benzene rings is 3. The van der Waals surface area contributed by atoms with Crippen molar-refractivity contribution in [1.29, 1.82) is 0 Å². The Balaban J connectivity index is 1.77. The zero-order valence-electron chi connectivity index (χ0n) is 14.5. The van der Waals surface area contributed by atoms with Gasteiger partial charge in [-0.2, -0.15) is 0 Å². The minimum atomic E-state index is 0.931. The van der Waals surface area contributed by atoms with Gasteiger partial charge in [0.25, 0.3) is 0 Å². The number of hydrogen-bond donors (Lipinski definition) is 0. The molecule has 1 aliphatic rings. The van der Waals surface area contributed by atoms with Crippen molar-refractivity contribution in [3.8, 4) is 11.3 Å². The molecule has 0 bridgehead atoms. The molecule has 3 nitrogen and oxygen atoms in total. The SMILES string of the molecule is c1ccc(-c2nc3ccccc3nc2N2CCCc3ccccc32)cc1. The monoisotopic (exact) mass is 337 g/mol. The van der Waals surface area contributed by atoms with Crippen molar-refractivity contribution < 1.29 is 0 Å². The second kappa shape index (κ2) is 6.26. The van der Waals surface area contributed by atoms with Crippen LogP contribution in [-0.2, 0) is 6.42 Å². The molecule has 0 aliphatic carbocycles. The van der Waals surface area contributed by atoms with E-state index in [1.54, 1.807) is 0 Å². The van der Waals surface area contributed by atoms with Crippen molar-refractivity contribution in [2.45, 2.75) is 12.8 Å². The van der Waals surface area contributed by atoms with E-state index in [0.29, 0.717) is 0 Å². The minimum Gasteiger partial charge on any atom is -0.324 e. The Morgan fingerprint density at radius 1 is 0.692 bits per heavy atom. The molecule has 1 aromatic heterocycles. The van der Waals surface area contributed by atoms with Crippen LogP contribution < -0.4 is 4.90 Å². The van der Waals surface area contributed by atoms with Gasteiger partial charge in [0, 0.05) is 17.8 Å². The summed E-state index contributed by atoms with van der Waals surface area (Å²) in [7, 11) is 0. The van der Waals surface area contributed by atoms with Crippen molar-refractivity contribution in [1.82, 2.24) is 9.97 Å². The minimum absolute atomic E-state index is 0.931. The summed E-state index contributed by atoms with van der Waals surface area (Å²) < 4.78 is 0. The molecular formula is C23H19N3. The summed E-state index contributed by atoms with van der Waals surface area (Å²) in [5, 5.41) is 0. The number of aromatic nitrogens is 2. The summed E-state index contributed by atoms with van der Waals surface area (Å²) in [6.45, 7) is 0.962. The average Bonchev–Trinajstić information content (AvgIpc) is 2.73. The lowest BCUT2D eigenvalue weighted by atomic mass is 10.0. The lowest BCUT2D eigenvalue weighted by molar-refractivity contribution is 0.760. The first-order valence-corrected chi connectivity index (χ1v) is 9.08. The summed E-state index contributed by atoms with van der Waals surface area (Å²) in [4.78, 5) is 12.4. The highest BCUT2D eigenvalue weighted by Crippen LogP contribution is 2.37. The zero-order valence-corrected chi connectivity index (χ0v) is 14.5. The standard InChI is InChI=1S/C23H19N3/c1-2-10-18(11-3-1)22-23(25-20-14-6-5-13-19(20)24-22)26-16-8-12-17-9-4-7-15-21(17)26/h1-7,9-11,13-15H,8,12,16H2. The summed E-state index contributed by atoms with van der Waals surface area (Å²) in [5.41, 5.74) is 6.55. The van der Waals surface area contributed by atoms with Crippen LogP contribution in [0.1, 0.15) is 12.0 Å². The topological polar surface area (TPSA) is 29.0 Å². The molecule has 5 rings (SSSR count). The van der Waals surface area contributed by atoms with Gasteiger partial charge in [-0.3, -0.25) is 0 Å². The largest absolute Gasteiger partial charge is 0.324 e. The first kappa shape index (κ1) is 15.1. The molecule has 0 atom stereocenters. The molecule has 3 heteroatoms. The average molecular weight is 337 g/mol. The van der Waals surface area contributed by atoms with Gasteiger partial charge in [0.15, 0.2) is 5.82 Å². The second-order valence-electron chi connectivity index (χ2n) is 6.63. The molecule has 0 radical (unpaired) electrons. The number of aryl methyl sites for hydroxylation is 1. The number of hydrogen-bond acceptors (Lipinski definition) is 3. The zero-order chi connectivity index (χ0) is 17.3. The molecule has 126 valence electrons. The van der Waals surface area contributed by atoms with E-state index in [1.165, 1.54) is 11.3 Å². The van der Waals surface area contributed by atoms with Crippen LogP contribution in [0.4, 0.5) is 11.5 Å². The van der Waals surface area contributed by atoms with Gasteiger partial charge in [-0.1, -0.05) is 60.7 Å². The molecule has 0 N–H and O–H groups in total. The van der Waals surface area contributed by atoms with Crippen LogP contribution in [0.15, 0.2) is 78.9 Å². The van der Waals surface area contributed by atoms with Gasteiger partial charge in [-0.25, -0.2) is 9.97 Å². The maximum absolute atomic E-state index is 5.04. The van der Waals surface area contributed by atoms with E-state index in [4.69, 9.17) is 9.97 Å². The normalized spacial score (nSPS) is 13.6. The highest BCUT2D eigenvalue weighted by molar-refractivity contribution is 5.86. The molecule has 26 heavy (non-hydrogen) atoms. The summed E-state index contributed by atoms with van der Waals surface area (Å²) in [5.74, 6) is 0.946. The summed E-state index contributed by atoms with van der Waals surface area (Å²) in [6, 6.07) is 27.1. The summed E-state index contributed by atoms with van der Waals surface area (Å²) >= 11 is 0. The fraction of sp³-hybridized carbons (Fsp3) is 0.130. The van der Waals surface area contributed by atoms with Crippen LogP contribution in [-0.4, -0.2) is 16.5 Å². The third-order valence-electron chi connectivity index (χ3n) is 4.97. The Morgan fingerprint density at radius 3 is 2.23 bits per heavy atom. The Kier molecular flexibility index (Phi) is 3.64. The molecule has 0 unspecified atom stereocenters. The van der Waals surface area contributed by atoms with Gasteiger partial charge in [-0.15, -0.1) is 0 Å². The molecule has 0 saturated heterocycles. The second-order valence-corrected chi connectivity index (χ2v) is 6.63. The van der Waals surface area contributed by atoms with E-state index < -0.39 is 0 Å². The van der Waals surface area contributed by atoms with Crippen LogP contribution >= 0.6 is 0 Å². The Bertz CT molecular complexity index is 1070. The molecule has 1 aliphatic heterocycles. The van der Waals surface area contributed by atoms with Gasteiger partial charge in [0.05, 0.1) is 11.0 Å². The van der Waals surface area contributed by atoms with Crippen molar-refractivity contribution in [3.63, 3.8) is 0 Å². The van der Waals surface area contributed by atoms with Crippen LogP contribution in [0, 0.1) is 0 Å². The highest BCUT2D eigenvalue weighted by atomic mass is 15.2. The van der Waals surface area contributed by atoms with E-state index >= 15 is 0 Å². The predicted octanol–water partition coefficient (Wildman–Crippen LogP) is 5.38. The number of rotatable bonds is 2. The molecule has 0 amide bonds. The fourth-order valence-electron chi connectivity index (χ4n) is 3.72. The number of anilines is 2. The van der Waals surface area contributed by atoms with Crippen LogP contribution in [0.5, 0.6) is 0 Å². The van der Waals surface area contributed by atoms with Gasteiger partial charge in [0.2, 0.25) is 0 Å². The van der Waals surface area contributed by atoms with Crippen LogP contribution in [0.2, 0.25) is 0 Å². The van der Waals surface area contributed by atoms with E-state index in [0.717, 1.165) is 47.5 Å². The Labute approximate surface area is 153 Å². The lowest BCUT2D eigenvalue weighted by Gasteiger charge is -2.31. The van der Waals surface area contributed by atoms with Gasteiger partial charge in [0.1, 0.15) is 5.69 Å². The van der Waals surface area contributed by atoms with Crippen molar-refractivity contribution in [2.24, 2.45) is 0 Å². The number of fused-ring (bicyclic) bond motifs is 2. The fourth-order valence-corrected chi connectivity index (χ4v) is 3.72. The first-order valence-electron chi connectivity index (χ1n) is 9.08. The molecule has 2 heterocycles. The summed E-state index contributed by atoms with van der Waals surface area (Å²) in [6.07, 6.45) is 2.24. The predicted molar refractivity (Wildman–Crippen MR) is 107 cm³/mol. The van der Waals surface area contributed by atoms with Crippen molar-refractivity contribution >= 4 is 22.5 Å². The maximum atomic E-state index is 5.04. The third-order valence-corrected chi connectivity index (χ3v) is 4.97. The van der Waals surface area contributed by atoms with Crippen molar-refractivity contribution in [2.75, 3.05) is 11.4 Å². The van der Waals surface area contributed by atoms with Gasteiger partial charge < -0.3 is 4.90 Å². The van der Waals surface area contributed by atoms with Crippen LogP contribution in [0.25, 0.3) is 22.3 Å². The molecule has 0 fully saturated rings. The Hall–Kier alpha value is -3.20. The van der Waals surface area contributed by atoms with E-state index in [1.807, 2.05) is 30.3 Å². The number of para-hydroxylation sites is 3. The maximum Gasteiger partial charge on any atom is 0.160 e. The van der Waals surface area contributed by atoms with E-state index in [-0.39, 0.29) is 0 Å². The lowest BCUT2D eigenvalue weighted by Crippen LogP contribution is -2.26. The van der Waals surface area contributed by atoms with Crippen LogP contribution in [0.3, 0.4) is 0 Å². The van der Waals surface area contributed by atoms with Gasteiger partial charge >= 0.3 is 0 Å². The molecule has 0 spiro atoms. The van der Waals surface area contributed by atoms with Crippen molar-refractivity contribution in [3.05, 3.63) is 84.4 Å². The molecule has 4 aromatic rings.